The van der Waals surface area contributed by atoms with Crippen LogP contribution in [0.1, 0.15) is 16.7 Å². The molecule has 0 fully saturated rings. The smallest absolute Gasteiger partial charge is 0.270 e. The van der Waals surface area contributed by atoms with Crippen LogP contribution in [0.3, 0.4) is 0 Å². The van der Waals surface area contributed by atoms with Gasteiger partial charge in [-0.05, 0) is 33.5 Å². The Morgan fingerprint density at radius 1 is 0.871 bits per heavy atom. The van der Waals surface area contributed by atoms with Crippen molar-refractivity contribution in [1.82, 2.24) is 5.32 Å². The molecular formula is C26H20N2O3. The monoisotopic (exact) mass is 408 g/mol. The van der Waals surface area contributed by atoms with E-state index in [-0.39, 0.29) is 11.6 Å². The molecule has 0 radical (unpaired) electrons. The molecule has 5 nitrogen and oxygen atoms in total. The fourth-order valence-corrected chi connectivity index (χ4v) is 3.51. The highest BCUT2D eigenvalue weighted by molar-refractivity contribution is 6.24. The minimum atomic E-state index is -0.444. The fourth-order valence-electron chi connectivity index (χ4n) is 3.51. The van der Waals surface area contributed by atoms with Crippen LogP contribution >= 0.6 is 0 Å². The van der Waals surface area contributed by atoms with E-state index >= 15 is 0 Å². The summed E-state index contributed by atoms with van der Waals surface area (Å²) < 4.78 is 0. The van der Waals surface area contributed by atoms with Crippen LogP contribution in [0.2, 0.25) is 0 Å². The molecule has 0 bridgehead atoms. The largest absolute Gasteiger partial charge is 0.348 e. The summed E-state index contributed by atoms with van der Waals surface area (Å²) in [6.45, 7) is 0.374. The van der Waals surface area contributed by atoms with Crippen molar-refractivity contribution in [3.8, 4) is 0 Å². The quantitative estimate of drug-likeness (QED) is 0.195. The van der Waals surface area contributed by atoms with E-state index in [0.29, 0.717) is 17.7 Å². The standard InChI is InChI=1S/C26H20N2O3/c29-26(27-18-22-13-7-12-20-11-4-5-15-24(20)22)25(21-9-2-1-3-10-21)17-19-8-6-14-23(16-19)28(30)31/h1-17H,18H2,(H,27,29)/b25-17+. The van der Waals surface area contributed by atoms with Crippen molar-refractivity contribution in [2.75, 3.05) is 0 Å². The minimum Gasteiger partial charge on any atom is -0.348 e. The van der Waals surface area contributed by atoms with Crippen LogP contribution in [0.25, 0.3) is 22.4 Å². The van der Waals surface area contributed by atoms with Crippen molar-refractivity contribution in [1.29, 1.82) is 0 Å². The van der Waals surface area contributed by atoms with E-state index in [4.69, 9.17) is 0 Å². The van der Waals surface area contributed by atoms with Gasteiger partial charge in [0.1, 0.15) is 0 Å². The summed E-state index contributed by atoms with van der Waals surface area (Å²) in [5.74, 6) is -0.245. The molecule has 0 unspecified atom stereocenters. The molecule has 0 saturated carbocycles. The van der Waals surface area contributed by atoms with Gasteiger partial charge in [-0.2, -0.15) is 0 Å². The van der Waals surface area contributed by atoms with Gasteiger partial charge in [-0.25, -0.2) is 0 Å². The lowest BCUT2D eigenvalue weighted by molar-refractivity contribution is -0.384. The van der Waals surface area contributed by atoms with Gasteiger partial charge in [0.2, 0.25) is 0 Å². The van der Waals surface area contributed by atoms with Crippen LogP contribution in [-0.4, -0.2) is 10.8 Å². The lowest BCUT2D eigenvalue weighted by atomic mass is 10.0. The van der Waals surface area contributed by atoms with Crippen molar-refractivity contribution in [3.05, 3.63) is 124 Å². The van der Waals surface area contributed by atoms with Crippen molar-refractivity contribution < 1.29 is 9.72 Å². The molecule has 0 aromatic heterocycles. The van der Waals surface area contributed by atoms with Crippen LogP contribution in [-0.2, 0) is 11.3 Å². The van der Waals surface area contributed by atoms with Gasteiger partial charge in [0.15, 0.2) is 0 Å². The highest BCUT2D eigenvalue weighted by Crippen LogP contribution is 2.22. The Balaban J connectivity index is 1.65. The summed E-state index contributed by atoms with van der Waals surface area (Å²) in [7, 11) is 0. The third-order valence-corrected chi connectivity index (χ3v) is 5.04. The maximum atomic E-state index is 13.2. The maximum absolute atomic E-state index is 13.2. The number of benzene rings is 4. The second-order valence-electron chi connectivity index (χ2n) is 7.10. The van der Waals surface area contributed by atoms with Gasteiger partial charge in [-0.1, -0.05) is 84.9 Å². The topological polar surface area (TPSA) is 72.2 Å². The number of non-ortho nitro benzene ring substituents is 1. The van der Waals surface area contributed by atoms with Gasteiger partial charge in [0.25, 0.3) is 11.6 Å². The predicted octanol–water partition coefficient (Wildman–Crippen LogP) is 5.61. The Labute approximate surface area is 179 Å². The van der Waals surface area contributed by atoms with Gasteiger partial charge >= 0.3 is 0 Å². The van der Waals surface area contributed by atoms with Crippen LogP contribution in [0.5, 0.6) is 0 Å². The van der Waals surface area contributed by atoms with Gasteiger partial charge < -0.3 is 5.32 Å². The highest BCUT2D eigenvalue weighted by atomic mass is 16.6. The fraction of sp³-hybridized carbons (Fsp3) is 0.0385. The van der Waals surface area contributed by atoms with Gasteiger partial charge in [0, 0.05) is 24.3 Å². The average molecular weight is 408 g/mol. The first-order valence-electron chi connectivity index (χ1n) is 9.88. The molecule has 1 amide bonds. The average Bonchev–Trinajstić information content (AvgIpc) is 2.81. The van der Waals surface area contributed by atoms with E-state index in [9.17, 15) is 14.9 Å². The van der Waals surface area contributed by atoms with Crippen molar-refractivity contribution in [2.45, 2.75) is 6.54 Å². The molecule has 0 spiro atoms. The molecule has 0 aliphatic heterocycles. The van der Waals surface area contributed by atoms with Crippen molar-refractivity contribution in [3.63, 3.8) is 0 Å². The number of hydrogen-bond donors (Lipinski definition) is 1. The first kappa shape index (κ1) is 20.0. The second-order valence-corrected chi connectivity index (χ2v) is 7.10. The van der Waals surface area contributed by atoms with E-state index in [2.05, 4.69) is 5.32 Å². The van der Waals surface area contributed by atoms with E-state index in [1.807, 2.05) is 72.8 Å². The first-order valence-corrected chi connectivity index (χ1v) is 9.88. The molecule has 0 saturated heterocycles. The number of hydrogen-bond acceptors (Lipinski definition) is 3. The normalized spacial score (nSPS) is 11.3. The van der Waals surface area contributed by atoms with E-state index in [1.165, 1.54) is 12.1 Å². The zero-order valence-corrected chi connectivity index (χ0v) is 16.7. The lowest BCUT2D eigenvalue weighted by Gasteiger charge is -2.11. The Bertz CT molecular complexity index is 1270. The predicted molar refractivity (Wildman–Crippen MR) is 123 cm³/mol. The molecule has 1 N–H and O–H groups in total. The molecule has 0 heterocycles. The summed E-state index contributed by atoms with van der Waals surface area (Å²) >= 11 is 0. The van der Waals surface area contributed by atoms with Crippen LogP contribution in [0.15, 0.2) is 97.1 Å². The van der Waals surface area contributed by atoms with Crippen molar-refractivity contribution >= 4 is 34.0 Å². The second kappa shape index (κ2) is 9.05. The lowest BCUT2D eigenvalue weighted by Crippen LogP contribution is -2.24. The number of nitro benzene ring substituents is 1. The highest BCUT2D eigenvalue weighted by Gasteiger charge is 2.14. The first-order chi connectivity index (χ1) is 15.1. The molecule has 4 aromatic rings. The van der Waals surface area contributed by atoms with Gasteiger partial charge in [-0.3, -0.25) is 14.9 Å². The van der Waals surface area contributed by atoms with Gasteiger partial charge in [0.05, 0.1) is 4.92 Å². The molecule has 0 atom stereocenters. The van der Waals surface area contributed by atoms with E-state index < -0.39 is 4.92 Å². The Kier molecular flexibility index (Phi) is 5.85. The number of fused-ring (bicyclic) bond motifs is 1. The molecule has 0 aliphatic rings. The molecule has 31 heavy (non-hydrogen) atoms. The summed E-state index contributed by atoms with van der Waals surface area (Å²) in [4.78, 5) is 23.8. The Morgan fingerprint density at radius 2 is 1.58 bits per heavy atom. The zero-order chi connectivity index (χ0) is 21.6. The minimum absolute atomic E-state index is 0.0164. The summed E-state index contributed by atoms with van der Waals surface area (Å²) in [6.07, 6.45) is 1.68. The number of rotatable bonds is 6. The molecule has 152 valence electrons. The molecule has 4 aromatic carbocycles. The molecule has 0 aliphatic carbocycles. The van der Waals surface area contributed by atoms with E-state index in [1.54, 1.807) is 18.2 Å². The summed E-state index contributed by atoms with van der Waals surface area (Å²) in [5.41, 5.74) is 2.78. The van der Waals surface area contributed by atoms with E-state index in [0.717, 1.165) is 21.9 Å². The number of carbonyl (C=O) groups is 1. The van der Waals surface area contributed by atoms with Gasteiger partial charge in [-0.15, -0.1) is 0 Å². The Morgan fingerprint density at radius 3 is 2.39 bits per heavy atom. The van der Waals surface area contributed by atoms with Crippen LogP contribution in [0, 0.1) is 10.1 Å². The van der Waals surface area contributed by atoms with Crippen LogP contribution in [0.4, 0.5) is 5.69 Å². The number of carbonyl (C=O) groups excluding carboxylic acids is 1. The van der Waals surface area contributed by atoms with Crippen molar-refractivity contribution in [2.24, 2.45) is 0 Å². The number of nitrogens with one attached hydrogen (secondary N) is 1. The molecular weight excluding hydrogens is 388 g/mol. The number of nitrogens with zero attached hydrogens (tertiary/aromatic N) is 1. The summed E-state index contributed by atoms with van der Waals surface area (Å²) in [6, 6.07) is 29.6. The zero-order valence-electron chi connectivity index (χ0n) is 16.7. The third-order valence-electron chi connectivity index (χ3n) is 5.04. The number of amides is 1. The molecule has 4 rings (SSSR count). The Hall–Kier alpha value is -4.25. The summed E-state index contributed by atoms with van der Waals surface area (Å²) in [5, 5.41) is 16.3. The SMILES string of the molecule is O=C(NCc1cccc2ccccc12)/C(=C/c1cccc([N+](=O)[O-])c1)c1ccccc1. The molecule has 5 heteroatoms. The third kappa shape index (κ3) is 4.67. The maximum Gasteiger partial charge on any atom is 0.270 e. The number of nitro groups is 1. The van der Waals surface area contributed by atoms with Crippen LogP contribution < -0.4 is 5.32 Å².